The van der Waals surface area contributed by atoms with Gasteiger partial charge in [0.25, 0.3) is 5.91 Å². The molecule has 2 rings (SSSR count). The highest BCUT2D eigenvalue weighted by molar-refractivity contribution is 9.10. The maximum atomic E-state index is 13.4. The Balaban J connectivity index is 2.31. The number of aryl methyl sites for hydroxylation is 1. The van der Waals surface area contributed by atoms with Crippen LogP contribution in [0.25, 0.3) is 0 Å². The number of amides is 1. The van der Waals surface area contributed by atoms with Gasteiger partial charge in [0, 0.05) is 0 Å². The van der Waals surface area contributed by atoms with Crippen LogP contribution in [0.5, 0.6) is 0 Å². The molecule has 0 bridgehead atoms. The minimum Gasteiger partial charge on any atom is -0.321 e. The summed E-state index contributed by atoms with van der Waals surface area (Å²) < 4.78 is 13.5. The first kappa shape index (κ1) is 14.0. The molecule has 5 heteroatoms. The van der Waals surface area contributed by atoms with E-state index in [-0.39, 0.29) is 10.0 Å². The zero-order chi connectivity index (χ0) is 14.0. The molecule has 0 aromatic heterocycles. The van der Waals surface area contributed by atoms with Crippen LogP contribution in [0.4, 0.5) is 10.1 Å². The second-order valence-electron chi connectivity index (χ2n) is 3.99. The number of hydrogen-bond acceptors (Lipinski definition) is 1. The van der Waals surface area contributed by atoms with Crippen molar-refractivity contribution in [2.24, 2.45) is 0 Å². The minimum absolute atomic E-state index is 0.135. The van der Waals surface area contributed by atoms with E-state index >= 15 is 0 Å². The summed E-state index contributed by atoms with van der Waals surface area (Å²) in [6, 6.07) is 9.62. The van der Waals surface area contributed by atoms with Crippen LogP contribution in [-0.2, 0) is 0 Å². The van der Waals surface area contributed by atoms with Crippen LogP contribution in [0.15, 0.2) is 40.9 Å². The number of halogens is 3. The third-order valence-corrected chi connectivity index (χ3v) is 3.94. The van der Waals surface area contributed by atoms with Crippen molar-refractivity contribution in [3.63, 3.8) is 0 Å². The number of nitrogens with one attached hydrogen (secondary N) is 1. The van der Waals surface area contributed by atoms with Crippen molar-refractivity contribution in [1.29, 1.82) is 0 Å². The number of carbonyl (C=O) groups is 1. The topological polar surface area (TPSA) is 29.1 Å². The van der Waals surface area contributed by atoms with Crippen molar-refractivity contribution in [1.82, 2.24) is 0 Å². The van der Waals surface area contributed by atoms with Gasteiger partial charge in [0.1, 0.15) is 5.82 Å². The Hall–Kier alpha value is -1.39. The molecule has 0 aliphatic carbocycles. The molecule has 0 saturated heterocycles. The molecule has 0 saturated carbocycles. The Morgan fingerprint density at radius 2 is 1.95 bits per heavy atom. The van der Waals surface area contributed by atoms with Gasteiger partial charge in [0.2, 0.25) is 0 Å². The van der Waals surface area contributed by atoms with Gasteiger partial charge in [-0.3, -0.25) is 4.79 Å². The molecule has 19 heavy (non-hydrogen) atoms. The fourth-order valence-corrected chi connectivity index (χ4v) is 2.23. The first-order valence-corrected chi connectivity index (χ1v) is 6.68. The molecular formula is C14H10BrClFNO. The van der Waals surface area contributed by atoms with E-state index in [0.717, 1.165) is 5.56 Å². The van der Waals surface area contributed by atoms with E-state index in [1.807, 2.05) is 13.0 Å². The lowest BCUT2D eigenvalue weighted by molar-refractivity contribution is 0.102. The quantitative estimate of drug-likeness (QED) is 0.834. The SMILES string of the molecule is Cc1cccc(NC(=O)c2cccc(F)c2Br)c1Cl. The molecule has 0 heterocycles. The predicted molar refractivity (Wildman–Crippen MR) is 78.2 cm³/mol. The standard InChI is InChI=1S/C14H10BrClFNO/c1-8-4-2-7-11(13(8)16)18-14(19)9-5-3-6-10(17)12(9)15/h2-7H,1H3,(H,18,19). The summed E-state index contributed by atoms with van der Waals surface area (Å²) in [5.41, 5.74) is 1.58. The molecule has 0 fully saturated rings. The van der Waals surface area contributed by atoms with E-state index in [1.54, 1.807) is 12.1 Å². The number of hydrogen-bond donors (Lipinski definition) is 1. The van der Waals surface area contributed by atoms with Gasteiger partial charge in [-0.2, -0.15) is 0 Å². The van der Waals surface area contributed by atoms with E-state index in [4.69, 9.17) is 11.6 Å². The Morgan fingerprint density at radius 3 is 2.68 bits per heavy atom. The third kappa shape index (κ3) is 2.96. The smallest absolute Gasteiger partial charge is 0.256 e. The van der Waals surface area contributed by atoms with Crippen molar-refractivity contribution in [3.05, 3.63) is 62.8 Å². The van der Waals surface area contributed by atoms with Crippen molar-refractivity contribution < 1.29 is 9.18 Å². The summed E-state index contributed by atoms with van der Waals surface area (Å²) in [7, 11) is 0. The molecule has 0 atom stereocenters. The van der Waals surface area contributed by atoms with E-state index in [1.165, 1.54) is 18.2 Å². The summed E-state index contributed by atoms with van der Waals surface area (Å²) in [5.74, 6) is -0.901. The molecule has 0 spiro atoms. The number of carbonyl (C=O) groups excluding carboxylic acids is 1. The molecule has 1 amide bonds. The number of benzene rings is 2. The van der Waals surface area contributed by atoms with Crippen molar-refractivity contribution >= 4 is 39.1 Å². The highest BCUT2D eigenvalue weighted by atomic mass is 79.9. The van der Waals surface area contributed by atoms with Crippen LogP contribution < -0.4 is 5.32 Å². The number of anilines is 1. The van der Waals surface area contributed by atoms with Crippen molar-refractivity contribution in [2.75, 3.05) is 5.32 Å². The summed E-state index contributed by atoms with van der Waals surface area (Å²) >= 11 is 9.15. The lowest BCUT2D eigenvalue weighted by Crippen LogP contribution is -2.13. The van der Waals surface area contributed by atoms with Crippen LogP contribution in [-0.4, -0.2) is 5.91 Å². The third-order valence-electron chi connectivity index (χ3n) is 2.64. The zero-order valence-electron chi connectivity index (χ0n) is 10.0. The summed E-state index contributed by atoms with van der Waals surface area (Å²) in [6.07, 6.45) is 0. The Bertz CT molecular complexity index is 645. The average molecular weight is 343 g/mol. The fraction of sp³-hybridized carbons (Fsp3) is 0.0714. The van der Waals surface area contributed by atoms with Gasteiger partial charge < -0.3 is 5.32 Å². The molecular weight excluding hydrogens is 333 g/mol. The predicted octanol–water partition coefficient (Wildman–Crippen LogP) is 4.80. The van der Waals surface area contributed by atoms with Crippen molar-refractivity contribution in [3.8, 4) is 0 Å². The van der Waals surface area contributed by atoms with Gasteiger partial charge in [-0.1, -0.05) is 29.8 Å². The van der Waals surface area contributed by atoms with Crippen LogP contribution in [0.3, 0.4) is 0 Å². The summed E-state index contributed by atoms with van der Waals surface area (Å²) in [4.78, 5) is 12.1. The van der Waals surface area contributed by atoms with Crippen LogP contribution in [0.1, 0.15) is 15.9 Å². The maximum Gasteiger partial charge on any atom is 0.256 e. The molecule has 1 N–H and O–H groups in total. The van der Waals surface area contributed by atoms with Crippen LogP contribution in [0, 0.1) is 12.7 Å². The second kappa shape index (κ2) is 5.72. The highest BCUT2D eigenvalue weighted by Gasteiger charge is 2.14. The minimum atomic E-state index is -0.483. The highest BCUT2D eigenvalue weighted by Crippen LogP contribution is 2.27. The number of rotatable bonds is 2. The maximum absolute atomic E-state index is 13.4. The average Bonchev–Trinajstić information content (AvgIpc) is 2.38. The Kier molecular flexibility index (Phi) is 4.22. The Labute approximate surface area is 123 Å². The van der Waals surface area contributed by atoms with E-state index in [2.05, 4.69) is 21.2 Å². The largest absolute Gasteiger partial charge is 0.321 e. The first-order chi connectivity index (χ1) is 9.00. The van der Waals surface area contributed by atoms with Gasteiger partial charge in [-0.05, 0) is 46.6 Å². The van der Waals surface area contributed by atoms with Crippen LogP contribution in [0.2, 0.25) is 5.02 Å². The van der Waals surface area contributed by atoms with Crippen LogP contribution >= 0.6 is 27.5 Å². The summed E-state index contributed by atoms with van der Waals surface area (Å²) in [6.45, 7) is 1.84. The fourth-order valence-electron chi connectivity index (χ4n) is 1.61. The van der Waals surface area contributed by atoms with Crippen molar-refractivity contribution in [2.45, 2.75) is 6.92 Å². The van der Waals surface area contributed by atoms with Gasteiger partial charge in [-0.25, -0.2) is 4.39 Å². The molecule has 0 radical (unpaired) electrons. The molecule has 2 aromatic rings. The molecule has 0 aliphatic heterocycles. The monoisotopic (exact) mass is 341 g/mol. The zero-order valence-corrected chi connectivity index (χ0v) is 12.3. The van der Waals surface area contributed by atoms with E-state index < -0.39 is 11.7 Å². The Morgan fingerprint density at radius 1 is 1.26 bits per heavy atom. The molecule has 98 valence electrons. The van der Waals surface area contributed by atoms with Gasteiger partial charge >= 0.3 is 0 Å². The molecule has 0 unspecified atom stereocenters. The normalized spacial score (nSPS) is 10.3. The molecule has 2 aromatic carbocycles. The second-order valence-corrected chi connectivity index (χ2v) is 5.16. The van der Waals surface area contributed by atoms with E-state index in [9.17, 15) is 9.18 Å². The lowest BCUT2D eigenvalue weighted by Gasteiger charge is -2.10. The molecule has 0 aliphatic rings. The molecule has 2 nitrogen and oxygen atoms in total. The van der Waals surface area contributed by atoms with Gasteiger partial charge in [-0.15, -0.1) is 0 Å². The van der Waals surface area contributed by atoms with E-state index in [0.29, 0.717) is 10.7 Å². The van der Waals surface area contributed by atoms with Gasteiger partial charge in [0.05, 0.1) is 20.7 Å². The first-order valence-electron chi connectivity index (χ1n) is 5.51. The summed E-state index contributed by atoms with van der Waals surface area (Å²) in [5, 5.41) is 3.14. The van der Waals surface area contributed by atoms with Gasteiger partial charge in [0.15, 0.2) is 0 Å². The lowest BCUT2D eigenvalue weighted by atomic mass is 10.2.